The molecule has 124 valence electrons. The van der Waals surface area contributed by atoms with Gasteiger partial charge in [0.2, 0.25) is 0 Å². The van der Waals surface area contributed by atoms with Gasteiger partial charge in [0, 0.05) is 44.2 Å². The molecular weight excluding hydrogens is 304 g/mol. The first-order valence-corrected chi connectivity index (χ1v) is 8.30. The van der Waals surface area contributed by atoms with E-state index in [0.717, 1.165) is 37.0 Å². The lowest BCUT2D eigenvalue weighted by atomic mass is 10.1. The summed E-state index contributed by atoms with van der Waals surface area (Å²) < 4.78 is 6.15. The summed E-state index contributed by atoms with van der Waals surface area (Å²) in [6.45, 7) is 4.17. The zero-order chi connectivity index (χ0) is 16.5. The monoisotopic (exact) mass is 324 g/mol. The maximum Gasteiger partial charge on any atom is 0.200 e. The Morgan fingerprint density at radius 1 is 1.00 bits per heavy atom. The van der Waals surface area contributed by atoms with Gasteiger partial charge in [0.1, 0.15) is 5.58 Å². The lowest BCUT2D eigenvalue weighted by Gasteiger charge is -2.34. The van der Waals surface area contributed by atoms with E-state index in [1.54, 1.807) is 6.07 Å². The number of anilines is 1. The normalized spacial score (nSPS) is 16.1. The quantitative estimate of drug-likeness (QED) is 0.748. The van der Waals surface area contributed by atoms with Crippen LogP contribution >= 0.6 is 0 Å². The summed E-state index contributed by atoms with van der Waals surface area (Å²) in [6, 6.07) is 13.4. The highest BCUT2D eigenvalue weighted by Gasteiger charge is 2.19. The van der Waals surface area contributed by atoms with E-state index >= 15 is 0 Å². The Morgan fingerprint density at radius 2 is 1.79 bits per heavy atom. The topological polar surface area (TPSA) is 56.9 Å². The van der Waals surface area contributed by atoms with Crippen molar-refractivity contribution in [1.82, 2.24) is 4.90 Å². The maximum absolute atomic E-state index is 12.5. The van der Waals surface area contributed by atoms with Crippen LogP contribution < -0.4 is 10.3 Å². The number of rotatable bonds is 3. The molecule has 24 heavy (non-hydrogen) atoms. The summed E-state index contributed by atoms with van der Waals surface area (Å²) in [5.41, 5.74) is 0.656. The number of piperazine rings is 1. The first-order valence-electron chi connectivity index (χ1n) is 8.30. The van der Waals surface area contributed by atoms with Crippen molar-refractivity contribution in [3.8, 4) is 0 Å². The lowest BCUT2D eigenvalue weighted by Crippen LogP contribution is -2.47. The fourth-order valence-corrected chi connectivity index (χ4v) is 3.36. The Morgan fingerprint density at radius 3 is 2.58 bits per heavy atom. The summed E-state index contributed by atoms with van der Waals surface area (Å²) >= 11 is 0. The van der Waals surface area contributed by atoms with Crippen LogP contribution in [0.2, 0.25) is 0 Å². The number of aliphatic hydroxyl groups is 1. The molecular formula is C19H20N2O3. The van der Waals surface area contributed by atoms with Crippen molar-refractivity contribution in [2.75, 3.05) is 44.2 Å². The zero-order valence-electron chi connectivity index (χ0n) is 13.4. The van der Waals surface area contributed by atoms with Crippen LogP contribution in [0.1, 0.15) is 0 Å². The van der Waals surface area contributed by atoms with Crippen molar-refractivity contribution in [3.63, 3.8) is 0 Å². The van der Waals surface area contributed by atoms with Gasteiger partial charge < -0.3 is 14.4 Å². The Labute approximate surface area is 139 Å². The summed E-state index contributed by atoms with van der Waals surface area (Å²) in [6.07, 6.45) is 0. The molecule has 0 spiro atoms. The maximum atomic E-state index is 12.5. The number of aliphatic hydroxyl groups excluding tert-OH is 1. The van der Waals surface area contributed by atoms with Crippen molar-refractivity contribution in [2.45, 2.75) is 0 Å². The molecule has 1 aliphatic rings. The van der Waals surface area contributed by atoms with Crippen LogP contribution in [-0.4, -0.2) is 49.3 Å². The molecule has 1 N–H and O–H groups in total. The Kier molecular flexibility index (Phi) is 3.96. The van der Waals surface area contributed by atoms with Gasteiger partial charge in [0.15, 0.2) is 11.3 Å². The third kappa shape index (κ3) is 2.66. The van der Waals surface area contributed by atoms with Crippen LogP contribution in [0.15, 0.2) is 51.7 Å². The third-order valence-corrected chi connectivity index (χ3v) is 4.71. The molecule has 0 bridgehead atoms. The molecule has 0 unspecified atom stereocenters. The van der Waals surface area contributed by atoms with E-state index < -0.39 is 0 Å². The molecule has 5 heteroatoms. The average Bonchev–Trinajstić information content (AvgIpc) is 2.62. The molecule has 4 rings (SSSR count). The smallest absolute Gasteiger partial charge is 0.200 e. The standard InChI is InChI=1S/C19H20N2O3/c22-12-11-20-7-9-21(10-8-20)18-13-17(23)16-6-5-14-3-1-2-4-15(14)19(16)24-18/h1-6,13,22H,7-12H2. The Hall–Kier alpha value is -2.37. The van der Waals surface area contributed by atoms with Crippen molar-refractivity contribution in [2.24, 2.45) is 0 Å². The molecule has 1 aliphatic heterocycles. The van der Waals surface area contributed by atoms with Gasteiger partial charge in [-0.3, -0.25) is 9.69 Å². The second kappa shape index (κ2) is 6.26. The van der Waals surface area contributed by atoms with Gasteiger partial charge in [-0.25, -0.2) is 0 Å². The Balaban J connectivity index is 1.75. The van der Waals surface area contributed by atoms with E-state index in [1.165, 1.54) is 0 Å². The first-order chi connectivity index (χ1) is 11.8. The van der Waals surface area contributed by atoms with Crippen LogP contribution in [0.25, 0.3) is 21.7 Å². The number of nitrogens with zero attached hydrogens (tertiary/aromatic N) is 2. The number of benzene rings is 2. The van der Waals surface area contributed by atoms with Crippen LogP contribution in [0.4, 0.5) is 5.88 Å². The summed E-state index contributed by atoms with van der Waals surface area (Å²) in [5.74, 6) is 0.632. The summed E-state index contributed by atoms with van der Waals surface area (Å²) in [4.78, 5) is 16.8. The number of hydrogen-bond acceptors (Lipinski definition) is 5. The molecule has 0 atom stereocenters. The van der Waals surface area contributed by atoms with Gasteiger partial charge in [-0.05, 0) is 11.5 Å². The molecule has 1 aromatic heterocycles. The molecule has 5 nitrogen and oxygen atoms in total. The highest BCUT2D eigenvalue weighted by Crippen LogP contribution is 2.27. The van der Waals surface area contributed by atoms with Crippen LogP contribution in [0.5, 0.6) is 0 Å². The van der Waals surface area contributed by atoms with Crippen LogP contribution in [-0.2, 0) is 0 Å². The van der Waals surface area contributed by atoms with Crippen molar-refractivity contribution >= 4 is 27.6 Å². The third-order valence-electron chi connectivity index (χ3n) is 4.71. The summed E-state index contributed by atoms with van der Waals surface area (Å²) in [5, 5.41) is 11.7. The van der Waals surface area contributed by atoms with E-state index in [1.807, 2.05) is 36.4 Å². The second-order valence-corrected chi connectivity index (χ2v) is 6.16. The summed E-state index contributed by atoms with van der Waals surface area (Å²) in [7, 11) is 0. The SMILES string of the molecule is O=c1cc(N2CCN(CCO)CC2)oc2c1ccc1ccccc12. The molecule has 0 aliphatic carbocycles. The highest BCUT2D eigenvalue weighted by molar-refractivity contribution is 6.04. The number of β-amino-alcohol motifs (C(OH)–C–C–N with tert-alkyl or cyclic N) is 1. The predicted octanol–water partition coefficient (Wildman–Crippen LogP) is 2.06. The van der Waals surface area contributed by atoms with Gasteiger partial charge >= 0.3 is 0 Å². The van der Waals surface area contributed by atoms with E-state index in [4.69, 9.17) is 9.52 Å². The van der Waals surface area contributed by atoms with E-state index in [0.29, 0.717) is 23.4 Å². The molecule has 1 saturated heterocycles. The minimum atomic E-state index is -0.00482. The minimum absolute atomic E-state index is 0.00482. The van der Waals surface area contributed by atoms with Crippen LogP contribution in [0.3, 0.4) is 0 Å². The van der Waals surface area contributed by atoms with Crippen LogP contribution in [0, 0.1) is 0 Å². The molecule has 0 radical (unpaired) electrons. The minimum Gasteiger partial charge on any atom is -0.440 e. The first kappa shape index (κ1) is 15.2. The Bertz CT molecular complexity index is 927. The van der Waals surface area contributed by atoms with E-state index in [9.17, 15) is 4.79 Å². The van der Waals surface area contributed by atoms with Gasteiger partial charge in [-0.15, -0.1) is 0 Å². The largest absolute Gasteiger partial charge is 0.440 e. The van der Waals surface area contributed by atoms with Gasteiger partial charge in [-0.2, -0.15) is 0 Å². The molecule has 1 fully saturated rings. The highest BCUT2D eigenvalue weighted by atomic mass is 16.4. The second-order valence-electron chi connectivity index (χ2n) is 6.16. The van der Waals surface area contributed by atoms with E-state index in [-0.39, 0.29) is 12.0 Å². The van der Waals surface area contributed by atoms with Gasteiger partial charge in [0.05, 0.1) is 12.0 Å². The fourth-order valence-electron chi connectivity index (χ4n) is 3.36. The fraction of sp³-hybridized carbons (Fsp3) is 0.316. The van der Waals surface area contributed by atoms with E-state index in [2.05, 4.69) is 9.80 Å². The molecule has 3 aromatic rings. The number of hydrogen-bond donors (Lipinski definition) is 1. The van der Waals surface area contributed by atoms with Gasteiger partial charge in [0.25, 0.3) is 0 Å². The lowest BCUT2D eigenvalue weighted by molar-refractivity contribution is 0.187. The predicted molar refractivity (Wildman–Crippen MR) is 95.7 cm³/mol. The van der Waals surface area contributed by atoms with Crippen molar-refractivity contribution in [1.29, 1.82) is 0 Å². The van der Waals surface area contributed by atoms with Crippen molar-refractivity contribution in [3.05, 3.63) is 52.7 Å². The van der Waals surface area contributed by atoms with Gasteiger partial charge in [-0.1, -0.05) is 30.3 Å². The molecule has 0 saturated carbocycles. The molecule has 0 amide bonds. The average molecular weight is 324 g/mol. The molecule has 2 aromatic carbocycles. The molecule has 2 heterocycles. The zero-order valence-corrected chi connectivity index (χ0v) is 13.4. The number of fused-ring (bicyclic) bond motifs is 3. The van der Waals surface area contributed by atoms with Crippen molar-refractivity contribution < 1.29 is 9.52 Å².